The molecular weight excluding hydrogens is 389 g/mol. The van der Waals surface area contributed by atoms with Crippen LogP contribution >= 0.6 is 0 Å². The van der Waals surface area contributed by atoms with Crippen molar-refractivity contribution in [2.45, 2.75) is 38.6 Å². The van der Waals surface area contributed by atoms with E-state index in [0.717, 1.165) is 29.5 Å². The van der Waals surface area contributed by atoms with Gasteiger partial charge in [-0.2, -0.15) is 4.57 Å². The van der Waals surface area contributed by atoms with Crippen molar-refractivity contribution in [3.63, 3.8) is 0 Å². The number of ether oxygens (including phenoxy) is 1. The van der Waals surface area contributed by atoms with Crippen LogP contribution in [0.4, 0.5) is 0 Å². The van der Waals surface area contributed by atoms with E-state index < -0.39 is 0 Å². The molecule has 0 amide bonds. The summed E-state index contributed by atoms with van der Waals surface area (Å²) in [5.74, 6) is 1.49. The Labute approximate surface area is 148 Å². The molecule has 0 aliphatic heterocycles. The van der Waals surface area contributed by atoms with E-state index in [2.05, 4.69) is 10.6 Å². The van der Waals surface area contributed by atoms with Crippen LogP contribution in [0.5, 0.6) is 5.75 Å². The molecule has 0 radical (unpaired) electrons. The zero-order valence-electron chi connectivity index (χ0n) is 12.9. The topological polar surface area (TPSA) is 30.2 Å². The fourth-order valence-corrected chi connectivity index (χ4v) is 3.24. The molecule has 0 saturated heterocycles. The van der Waals surface area contributed by atoms with Crippen molar-refractivity contribution in [1.82, 2.24) is 0 Å². The van der Waals surface area contributed by atoms with Crippen LogP contribution in [-0.4, -0.2) is 12.9 Å². The SMILES string of the molecule is COc1ccc2c(ccc[n+]2CC(=O)C2CCCCC2)c1.[I-]. The molecule has 118 valence electrons. The van der Waals surface area contributed by atoms with Crippen molar-refractivity contribution >= 4 is 16.7 Å². The van der Waals surface area contributed by atoms with Crippen LogP contribution in [0.2, 0.25) is 0 Å². The van der Waals surface area contributed by atoms with Gasteiger partial charge in [0.2, 0.25) is 17.8 Å². The second-order valence-electron chi connectivity index (χ2n) is 5.86. The van der Waals surface area contributed by atoms with Crippen LogP contribution in [0.15, 0.2) is 36.5 Å². The molecule has 22 heavy (non-hydrogen) atoms. The van der Waals surface area contributed by atoms with Gasteiger partial charge in [-0.25, -0.2) is 0 Å². The molecule has 1 heterocycles. The lowest BCUT2D eigenvalue weighted by Gasteiger charge is -2.18. The Morgan fingerprint density at radius 3 is 2.73 bits per heavy atom. The van der Waals surface area contributed by atoms with Gasteiger partial charge in [0.25, 0.3) is 0 Å². The summed E-state index contributed by atoms with van der Waals surface area (Å²) in [6.07, 6.45) is 7.82. The molecule has 3 rings (SSSR count). The standard InChI is InChI=1S/C18H22NO2.HI/c1-21-16-9-10-17-15(12-16)8-5-11-19(17)13-18(20)14-6-3-2-4-7-14;/h5,8-12,14H,2-4,6-7,13H2,1H3;1H/q+1;/p-1. The monoisotopic (exact) mass is 411 g/mol. The van der Waals surface area contributed by atoms with E-state index >= 15 is 0 Å². The van der Waals surface area contributed by atoms with E-state index in [9.17, 15) is 4.79 Å². The average molecular weight is 411 g/mol. The third-order valence-electron chi connectivity index (χ3n) is 4.47. The van der Waals surface area contributed by atoms with Gasteiger partial charge in [0, 0.05) is 18.1 Å². The van der Waals surface area contributed by atoms with Gasteiger partial charge in [0.05, 0.1) is 12.5 Å². The average Bonchev–Trinajstić information content (AvgIpc) is 2.55. The van der Waals surface area contributed by atoms with Gasteiger partial charge in [-0.3, -0.25) is 4.79 Å². The minimum absolute atomic E-state index is 0. The number of nitrogens with zero attached hydrogens (tertiary/aromatic N) is 1. The number of ketones is 1. The molecule has 1 fully saturated rings. The second-order valence-corrected chi connectivity index (χ2v) is 5.86. The number of hydrogen-bond donors (Lipinski definition) is 0. The summed E-state index contributed by atoms with van der Waals surface area (Å²) in [7, 11) is 1.67. The Morgan fingerprint density at radius 2 is 2.00 bits per heavy atom. The molecule has 2 aromatic rings. The molecule has 0 N–H and O–H groups in total. The Hall–Kier alpha value is -1.17. The molecular formula is C18H22INO2. The van der Waals surface area contributed by atoms with Gasteiger partial charge in [0.1, 0.15) is 5.75 Å². The highest BCUT2D eigenvalue weighted by Gasteiger charge is 2.24. The molecule has 0 unspecified atom stereocenters. The van der Waals surface area contributed by atoms with Crippen LogP contribution in [0, 0.1) is 5.92 Å². The lowest BCUT2D eigenvalue weighted by atomic mass is 9.86. The smallest absolute Gasteiger partial charge is 0.213 e. The fourth-order valence-electron chi connectivity index (χ4n) is 3.24. The zero-order chi connectivity index (χ0) is 14.7. The van der Waals surface area contributed by atoms with Crippen LogP contribution in [0.3, 0.4) is 0 Å². The van der Waals surface area contributed by atoms with Crippen molar-refractivity contribution < 1.29 is 38.1 Å². The fraction of sp³-hybridized carbons (Fsp3) is 0.444. The Morgan fingerprint density at radius 1 is 1.23 bits per heavy atom. The van der Waals surface area contributed by atoms with Crippen LogP contribution in [-0.2, 0) is 11.3 Å². The van der Waals surface area contributed by atoms with Gasteiger partial charge < -0.3 is 28.7 Å². The summed E-state index contributed by atoms with van der Waals surface area (Å²) >= 11 is 0. The lowest BCUT2D eigenvalue weighted by Crippen LogP contribution is -3.00. The normalized spacial score (nSPS) is 15.3. The number of fused-ring (bicyclic) bond motifs is 1. The summed E-state index contributed by atoms with van der Waals surface area (Å²) < 4.78 is 7.32. The number of Topliss-reactive ketones (excluding diaryl/α,β-unsaturated/α-hetero) is 1. The molecule has 0 atom stereocenters. The van der Waals surface area contributed by atoms with E-state index in [1.807, 2.05) is 30.5 Å². The summed E-state index contributed by atoms with van der Waals surface area (Å²) in [5, 5.41) is 1.10. The number of benzene rings is 1. The second kappa shape index (κ2) is 7.90. The molecule has 1 saturated carbocycles. The number of carbonyl (C=O) groups is 1. The summed E-state index contributed by atoms with van der Waals surface area (Å²) in [6, 6.07) is 10.0. The number of hydrogen-bond acceptors (Lipinski definition) is 2. The maximum atomic E-state index is 12.5. The minimum atomic E-state index is 0. The molecule has 0 bridgehead atoms. The molecule has 0 spiro atoms. The third-order valence-corrected chi connectivity index (χ3v) is 4.47. The molecule has 1 aromatic carbocycles. The first-order chi connectivity index (χ1) is 10.3. The number of pyridine rings is 1. The lowest BCUT2D eigenvalue weighted by molar-refractivity contribution is -0.658. The molecule has 1 aliphatic carbocycles. The predicted octanol–water partition coefficient (Wildman–Crippen LogP) is 0.289. The molecule has 1 aromatic heterocycles. The van der Waals surface area contributed by atoms with E-state index in [1.54, 1.807) is 7.11 Å². The Kier molecular flexibility index (Phi) is 6.17. The minimum Gasteiger partial charge on any atom is -1.00 e. The van der Waals surface area contributed by atoms with E-state index in [4.69, 9.17) is 4.74 Å². The van der Waals surface area contributed by atoms with Crippen molar-refractivity contribution in [2.75, 3.05) is 7.11 Å². The quantitative estimate of drug-likeness (QED) is 0.535. The van der Waals surface area contributed by atoms with Crippen molar-refractivity contribution in [3.05, 3.63) is 36.5 Å². The molecule has 4 heteroatoms. The summed E-state index contributed by atoms with van der Waals surface area (Å²) in [4.78, 5) is 12.5. The van der Waals surface area contributed by atoms with E-state index in [0.29, 0.717) is 12.3 Å². The summed E-state index contributed by atoms with van der Waals surface area (Å²) in [5.41, 5.74) is 1.09. The Balaban J connectivity index is 0.00000176. The number of halogens is 1. The maximum Gasteiger partial charge on any atom is 0.213 e. The number of carbonyl (C=O) groups excluding carboxylic acids is 1. The number of rotatable bonds is 4. The maximum absolute atomic E-state index is 12.5. The van der Waals surface area contributed by atoms with Gasteiger partial charge in [-0.05, 0) is 31.0 Å². The van der Waals surface area contributed by atoms with Crippen molar-refractivity contribution in [2.24, 2.45) is 5.92 Å². The first kappa shape index (κ1) is 17.2. The first-order valence-electron chi connectivity index (χ1n) is 7.77. The highest BCUT2D eigenvalue weighted by molar-refractivity contribution is 5.81. The highest BCUT2D eigenvalue weighted by Crippen LogP contribution is 2.24. The predicted molar refractivity (Wildman–Crippen MR) is 82.3 cm³/mol. The highest BCUT2D eigenvalue weighted by atomic mass is 127. The number of methoxy groups -OCH3 is 1. The van der Waals surface area contributed by atoms with E-state index in [1.165, 1.54) is 19.3 Å². The summed E-state index contributed by atoms with van der Waals surface area (Å²) in [6.45, 7) is 0.480. The third kappa shape index (κ3) is 3.77. The Bertz CT molecular complexity index is 651. The first-order valence-corrected chi connectivity index (χ1v) is 7.77. The van der Waals surface area contributed by atoms with Crippen molar-refractivity contribution in [1.29, 1.82) is 0 Å². The van der Waals surface area contributed by atoms with E-state index in [-0.39, 0.29) is 29.9 Å². The van der Waals surface area contributed by atoms with Gasteiger partial charge in [-0.1, -0.05) is 19.3 Å². The molecule has 3 nitrogen and oxygen atoms in total. The van der Waals surface area contributed by atoms with Crippen LogP contribution in [0.1, 0.15) is 32.1 Å². The van der Waals surface area contributed by atoms with Crippen molar-refractivity contribution in [3.8, 4) is 5.75 Å². The van der Waals surface area contributed by atoms with Crippen LogP contribution < -0.4 is 33.3 Å². The largest absolute Gasteiger partial charge is 1.00 e. The van der Waals surface area contributed by atoms with Gasteiger partial charge >= 0.3 is 0 Å². The zero-order valence-corrected chi connectivity index (χ0v) is 15.1. The van der Waals surface area contributed by atoms with Gasteiger partial charge in [0.15, 0.2) is 6.20 Å². The number of aromatic nitrogens is 1. The van der Waals surface area contributed by atoms with Gasteiger partial charge in [-0.15, -0.1) is 0 Å². The molecule has 1 aliphatic rings. The van der Waals surface area contributed by atoms with Crippen LogP contribution in [0.25, 0.3) is 10.9 Å².